The Bertz CT molecular complexity index is 738. The first-order valence-electron chi connectivity index (χ1n) is 11.3. The minimum absolute atomic E-state index is 0.0998. The van der Waals surface area contributed by atoms with Crippen LogP contribution in [0.15, 0.2) is 27.4 Å². The van der Waals surface area contributed by atoms with Crippen molar-refractivity contribution in [1.82, 2.24) is 4.98 Å². The Kier molecular flexibility index (Phi) is 10.7. The molecule has 1 heterocycles. The Morgan fingerprint density at radius 1 is 0.857 bits per heavy atom. The molecule has 0 aliphatic carbocycles. The van der Waals surface area contributed by atoms with Gasteiger partial charge in [0.15, 0.2) is 0 Å². The van der Waals surface area contributed by atoms with E-state index in [2.05, 4.69) is 18.8 Å². The molecule has 156 valence electrons. The third kappa shape index (κ3) is 8.04. The molecular formula is C24H37NO3. The number of hydrogen-bond donors (Lipinski definition) is 0. The zero-order valence-corrected chi connectivity index (χ0v) is 17.8. The molecule has 0 saturated heterocycles. The highest BCUT2D eigenvalue weighted by Crippen LogP contribution is 2.17. The molecule has 0 spiro atoms. The van der Waals surface area contributed by atoms with Gasteiger partial charge in [0.25, 0.3) is 0 Å². The number of benzene rings is 1. The molecule has 0 saturated carbocycles. The second kappa shape index (κ2) is 13.4. The van der Waals surface area contributed by atoms with Crippen molar-refractivity contribution in [3.05, 3.63) is 34.2 Å². The van der Waals surface area contributed by atoms with Gasteiger partial charge < -0.3 is 9.15 Å². The molecule has 0 radical (unpaired) electrons. The molecule has 0 amide bonds. The van der Waals surface area contributed by atoms with E-state index in [0.29, 0.717) is 17.5 Å². The average Bonchev–Trinajstić information content (AvgIpc) is 2.70. The van der Waals surface area contributed by atoms with Gasteiger partial charge in [-0.05, 0) is 37.0 Å². The lowest BCUT2D eigenvalue weighted by molar-refractivity contribution is 0.211. The molecule has 0 N–H and O–H groups in total. The largest absolute Gasteiger partial charge is 0.450 e. The monoisotopic (exact) mass is 387 g/mol. The van der Waals surface area contributed by atoms with Gasteiger partial charge in [0, 0.05) is 0 Å². The Hall–Kier alpha value is -1.84. The number of rotatable bonds is 15. The van der Waals surface area contributed by atoms with Crippen LogP contribution in [0.1, 0.15) is 96.5 Å². The second-order valence-electron chi connectivity index (χ2n) is 7.75. The summed E-state index contributed by atoms with van der Waals surface area (Å²) in [5.74, 6) is 0. The number of unbranched alkanes of at least 4 members (excludes halogenated alkanes) is 10. The Morgan fingerprint density at radius 2 is 1.50 bits per heavy atom. The summed E-state index contributed by atoms with van der Waals surface area (Å²) >= 11 is 0. The Labute approximate surface area is 169 Å². The van der Waals surface area contributed by atoms with Gasteiger partial charge in [0.1, 0.15) is 0 Å². The zero-order valence-electron chi connectivity index (χ0n) is 17.8. The summed E-state index contributed by atoms with van der Waals surface area (Å²) in [7, 11) is 0. The predicted octanol–water partition coefficient (Wildman–Crippen LogP) is 6.83. The molecular weight excluding hydrogens is 350 g/mol. The predicted molar refractivity (Wildman–Crippen MR) is 116 cm³/mol. The number of fused-ring (bicyclic) bond motifs is 1. The number of aromatic nitrogens is 1. The van der Waals surface area contributed by atoms with Crippen molar-refractivity contribution in [1.29, 1.82) is 0 Å². The van der Waals surface area contributed by atoms with Crippen molar-refractivity contribution in [2.24, 2.45) is 0 Å². The molecule has 0 fully saturated rings. The maximum absolute atomic E-state index is 12.2. The van der Waals surface area contributed by atoms with Crippen molar-refractivity contribution >= 4 is 10.9 Å². The topological polar surface area (TPSA) is 52.3 Å². The number of aryl methyl sites for hydroxylation is 1. The van der Waals surface area contributed by atoms with E-state index in [1.807, 2.05) is 18.2 Å². The smallest absolute Gasteiger partial charge is 0.397 e. The highest BCUT2D eigenvalue weighted by atomic mass is 16.6. The number of nitrogens with zero attached hydrogens (tertiary/aromatic N) is 1. The van der Waals surface area contributed by atoms with Crippen molar-refractivity contribution in [3.8, 4) is 6.08 Å². The van der Waals surface area contributed by atoms with Gasteiger partial charge in [-0.25, -0.2) is 4.79 Å². The molecule has 0 bridgehead atoms. The van der Waals surface area contributed by atoms with E-state index in [1.165, 1.54) is 69.8 Å². The molecule has 28 heavy (non-hydrogen) atoms. The normalized spacial score (nSPS) is 11.2. The summed E-state index contributed by atoms with van der Waals surface area (Å²) < 4.78 is 10.8. The minimum atomic E-state index is -0.367. The number of ether oxygens (including phenoxy) is 1. The first-order valence-corrected chi connectivity index (χ1v) is 11.3. The molecule has 0 unspecified atom stereocenters. The van der Waals surface area contributed by atoms with Gasteiger partial charge in [-0.1, -0.05) is 84.1 Å². The van der Waals surface area contributed by atoms with Crippen LogP contribution in [-0.4, -0.2) is 11.6 Å². The summed E-state index contributed by atoms with van der Waals surface area (Å²) in [6, 6.07) is 5.86. The maximum Gasteiger partial charge on any atom is 0.397 e. The van der Waals surface area contributed by atoms with Gasteiger partial charge in [-0.2, -0.15) is 4.98 Å². The molecule has 1 aromatic heterocycles. The van der Waals surface area contributed by atoms with E-state index in [1.54, 1.807) is 0 Å². The van der Waals surface area contributed by atoms with Gasteiger partial charge in [0.2, 0.25) is 0 Å². The average molecular weight is 388 g/mol. The van der Waals surface area contributed by atoms with Gasteiger partial charge in [-0.15, -0.1) is 0 Å². The van der Waals surface area contributed by atoms with Crippen molar-refractivity contribution in [2.45, 2.75) is 97.3 Å². The SMILES string of the molecule is CCCCCCCCOc1nc2cc(CCCCCCCC)ccc2c(=O)o1. The van der Waals surface area contributed by atoms with Crippen molar-refractivity contribution < 1.29 is 9.15 Å². The van der Waals surface area contributed by atoms with Crippen LogP contribution in [0, 0.1) is 0 Å². The van der Waals surface area contributed by atoms with E-state index < -0.39 is 0 Å². The summed E-state index contributed by atoms with van der Waals surface area (Å²) in [6.45, 7) is 5.00. The van der Waals surface area contributed by atoms with Gasteiger partial charge in [-0.3, -0.25) is 0 Å². The molecule has 2 rings (SSSR count). The fourth-order valence-electron chi connectivity index (χ4n) is 3.47. The van der Waals surface area contributed by atoms with E-state index in [9.17, 15) is 4.79 Å². The van der Waals surface area contributed by atoms with Gasteiger partial charge >= 0.3 is 11.7 Å². The Morgan fingerprint density at radius 3 is 2.21 bits per heavy atom. The van der Waals surface area contributed by atoms with E-state index in [-0.39, 0.29) is 11.7 Å². The van der Waals surface area contributed by atoms with Crippen LogP contribution < -0.4 is 10.4 Å². The third-order valence-electron chi connectivity index (χ3n) is 5.22. The second-order valence-corrected chi connectivity index (χ2v) is 7.75. The van der Waals surface area contributed by atoms with E-state index in [4.69, 9.17) is 9.15 Å². The highest BCUT2D eigenvalue weighted by molar-refractivity contribution is 5.77. The minimum Gasteiger partial charge on any atom is -0.450 e. The van der Waals surface area contributed by atoms with Crippen molar-refractivity contribution in [3.63, 3.8) is 0 Å². The summed E-state index contributed by atoms with van der Waals surface area (Å²) in [5, 5.41) is 0.526. The van der Waals surface area contributed by atoms with Crippen LogP contribution >= 0.6 is 0 Å². The molecule has 0 atom stereocenters. The van der Waals surface area contributed by atoms with Crippen molar-refractivity contribution in [2.75, 3.05) is 6.61 Å². The lowest BCUT2D eigenvalue weighted by Gasteiger charge is -2.06. The van der Waals surface area contributed by atoms with Gasteiger partial charge in [0.05, 0.1) is 17.5 Å². The van der Waals surface area contributed by atoms with Crippen LogP contribution in [0.3, 0.4) is 0 Å². The van der Waals surface area contributed by atoms with Crippen LogP contribution in [0.5, 0.6) is 6.08 Å². The highest BCUT2D eigenvalue weighted by Gasteiger charge is 2.08. The first-order chi connectivity index (χ1) is 13.7. The van der Waals surface area contributed by atoms with Crippen LogP contribution in [0.25, 0.3) is 10.9 Å². The van der Waals surface area contributed by atoms with Crippen LogP contribution in [-0.2, 0) is 6.42 Å². The molecule has 4 nitrogen and oxygen atoms in total. The standard InChI is InChI=1S/C24H37NO3/c1-3-5-7-9-11-13-15-20-16-17-21-22(19-20)25-24(28-23(21)26)27-18-14-12-10-8-6-4-2/h16-17,19H,3-15,18H2,1-2H3. The molecule has 2 aromatic rings. The van der Waals surface area contributed by atoms with Crippen LogP contribution in [0.2, 0.25) is 0 Å². The lowest BCUT2D eigenvalue weighted by Crippen LogP contribution is -2.06. The lowest BCUT2D eigenvalue weighted by atomic mass is 10.0. The summed E-state index contributed by atoms with van der Waals surface area (Å²) in [5.41, 5.74) is 1.54. The summed E-state index contributed by atoms with van der Waals surface area (Å²) in [6.07, 6.45) is 16.0. The maximum atomic E-state index is 12.2. The van der Waals surface area contributed by atoms with Crippen LogP contribution in [0.4, 0.5) is 0 Å². The zero-order chi connectivity index (χ0) is 20.0. The quantitative estimate of drug-likeness (QED) is 0.314. The Balaban J connectivity index is 1.84. The fourth-order valence-corrected chi connectivity index (χ4v) is 3.47. The molecule has 4 heteroatoms. The van der Waals surface area contributed by atoms with E-state index >= 15 is 0 Å². The first kappa shape index (κ1) is 22.4. The fraction of sp³-hybridized carbons (Fsp3) is 0.667. The molecule has 0 aliphatic heterocycles. The molecule has 0 aliphatic rings. The number of hydrogen-bond acceptors (Lipinski definition) is 4. The van der Waals surface area contributed by atoms with E-state index in [0.717, 1.165) is 19.3 Å². The molecule has 1 aromatic carbocycles. The summed E-state index contributed by atoms with van der Waals surface area (Å²) in [4.78, 5) is 16.6. The third-order valence-corrected chi connectivity index (χ3v) is 5.22.